The van der Waals surface area contributed by atoms with E-state index in [1.165, 1.54) is 16.0 Å². The van der Waals surface area contributed by atoms with E-state index < -0.39 is 0 Å². The summed E-state index contributed by atoms with van der Waals surface area (Å²) in [6.45, 7) is 7.79. The number of rotatable bonds is 5. The van der Waals surface area contributed by atoms with E-state index in [1.807, 2.05) is 6.92 Å². The van der Waals surface area contributed by atoms with E-state index in [9.17, 15) is 4.39 Å². The molecule has 0 aliphatic carbocycles. The van der Waals surface area contributed by atoms with E-state index in [0.29, 0.717) is 6.54 Å². The minimum Gasteiger partial charge on any atom is -0.313 e. The van der Waals surface area contributed by atoms with Crippen LogP contribution in [0.4, 0.5) is 4.39 Å². The van der Waals surface area contributed by atoms with Crippen LogP contribution >= 0.6 is 11.8 Å². The van der Waals surface area contributed by atoms with Crippen LogP contribution < -0.4 is 5.32 Å². The quantitative estimate of drug-likeness (QED) is 0.856. The summed E-state index contributed by atoms with van der Waals surface area (Å²) >= 11 is 1.62. The molecule has 2 rings (SSSR count). The second-order valence-corrected chi connectivity index (χ2v) is 6.06. The van der Waals surface area contributed by atoms with Gasteiger partial charge in [0.25, 0.3) is 0 Å². The van der Waals surface area contributed by atoms with Gasteiger partial charge in [-0.1, -0.05) is 30.8 Å². The number of hydrogen-bond donors (Lipinski definition) is 1. The zero-order valence-electron chi connectivity index (χ0n) is 12.2. The zero-order valence-corrected chi connectivity index (χ0v) is 13.0. The molecule has 0 saturated heterocycles. The molecular weight excluding hydrogens is 269 g/mol. The summed E-state index contributed by atoms with van der Waals surface area (Å²) < 4.78 is 13.7. The molecule has 0 radical (unpaired) electrons. The van der Waals surface area contributed by atoms with Crippen molar-refractivity contribution < 1.29 is 4.39 Å². The van der Waals surface area contributed by atoms with Crippen molar-refractivity contribution in [2.75, 3.05) is 6.54 Å². The van der Waals surface area contributed by atoms with E-state index in [2.05, 4.69) is 43.4 Å². The van der Waals surface area contributed by atoms with E-state index in [0.717, 1.165) is 17.0 Å². The highest BCUT2D eigenvalue weighted by molar-refractivity contribution is 7.99. The van der Waals surface area contributed by atoms with Gasteiger partial charge in [-0.3, -0.25) is 0 Å². The topological polar surface area (TPSA) is 12.0 Å². The van der Waals surface area contributed by atoms with E-state index in [-0.39, 0.29) is 5.82 Å². The van der Waals surface area contributed by atoms with Crippen molar-refractivity contribution in [2.24, 2.45) is 0 Å². The van der Waals surface area contributed by atoms with Crippen molar-refractivity contribution in [2.45, 2.75) is 37.1 Å². The van der Waals surface area contributed by atoms with E-state index in [4.69, 9.17) is 0 Å². The molecule has 2 aromatic carbocycles. The second-order valence-electron chi connectivity index (χ2n) is 4.95. The van der Waals surface area contributed by atoms with Gasteiger partial charge in [0.1, 0.15) is 5.82 Å². The average Bonchev–Trinajstić information content (AvgIpc) is 2.40. The summed E-state index contributed by atoms with van der Waals surface area (Å²) in [5.41, 5.74) is 3.43. The third-order valence-corrected chi connectivity index (χ3v) is 4.21. The van der Waals surface area contributed by atoms with Crippen LogP contribution in [0.5, 0.6) is 0 Å². The third kappa shape index (κ3) is 4.09. The summed E-state index contributed by atoms with van der Waals surface area (Å²) in [4.78, 5) is 2.14. The van der Waals surface area contributed by atoms with Gasteiger partial charge in [0.05, 0.1) is 0 Å². The van der Waals surface area contributed by atoms with Crippen LogP contribution in [0.1, 0.15) is 23.6 Å². The number of nitrogens with one attached hydrogen (secondary N) is 1. The Morgan fingerprint density at radius 1 is 1.10 bits per heavy atom. The molecule has 0 aromatic heterocycles. The molecule has 0 aliphatic rings. The fourth-order valence-electron chi connectivity index (χ4n) is 2.00. The van der Waals surface area contributed by atoms with Crippen molar-refractivity contribution >= 4 is 11.8 Å². The molecule has 0 amide bonds. The average molecular weight is 289 g/mol. The van der Waals surface area contributed by atoms with Crippen molar-refractivity contribution in [3.63, 3.8) is 0 Å². The van der Waals surface area contributed by atoms with Crippen molar-refractivity contribution in [1.82, 2.24) is 5.32 Å². The zero-order chi connectivity index (χ0) is 14.5. The molecule has 0 fully saturated rings. The van der Waals surface area contributed by atoms with Gasteiger partial charge < -0.3 is 5.32 Å². The van der Waals surface area contributed by atoms with Crippen LogP contribution in [0.25, 0.3) is 0 Å². The highest BCUT2D eigenvalue weighted by atomic mass is 32.2. The Morgan fingerprint density at radius 3 is 2.65 bits per heavy atom. The van der Waals surface area contributed by atoms with Crippen LogP contribution in [0.15, 0.2) is 46.2 Å². The van der Waals surface area contributed by atoms with Gasteiger partial charge in [-0.15, -0.1) is 0 Å². The maximum absolute atomic E-state index is 13.7. The molecule has 106 valence electrons. The Kier molecular flexibility index (Phi) is 5.21. The Morgan fingerprint density at radius 2 is 1.90 bits per heavy atom. The molecule has 2 aromatic rings. The molecule has 0 saturated carbocycles. The summed E-state index contributed by atoms with van der Waals surface area (Å²) in [5, 5.41) is 3.23. The molecule has 0 spiro atoms. The lowest BCUT2D eigenvalue weighted by Gasteiger charge is -2.09. The van der Waals surface area contributed by atoms with Gasteiger partial charge >= 0.3 is 0 Å². The predicted octanol–water partition coefficient (Wildman–Crippen LogP) is 4.70. The Hall–Kier alpha value is -1.32. The predicted molar refractivity (Wildman–Crippen MR) is 83.8 cm³/mol. The van der Waals surface area contributed by atoms with Gasteiger partial charge in [0.2, 0.25) is 0 Å². The van der Waals surface area contributed by atoms with Gasteiger partial charge in [0.15, 0.2) is 0 Å². The first-order valence-electron chi connectivity index (χ1n) is 6.84. The highest BCUT2D eigenvalue weighted by Crippen LogP contribution is 2.32. The lowest BCUT2D eigenvalue weighted by atomic mass is 10.2. The molecule has 1 N–H and O–H groups in total. The highest BCUT2D eigenvalue weighted by Gasteiger charge is 2.05. The molecule has 20 heavy (non-hydrogen) atoms. The molecule has 0 atom stereocenters. The molecule has 1 nitrogen and oxygen atoms in total. The minimum absolute atomic E-state index is 0.173. The van der Waals surface area contributed by atoms with Gasteiger partial charge in [0, 0.05) is 16.3 Å². The monoisotopic (exact) mass is 289 g/mol. The summed E-state index contributed by atoms with van der Waals surface area (Å²) in [7, 11) is 0. The van der Waals surface area contributed by atoms with E-state index >= 15 is 0 Å². The summed E-state index contributed by atoms with van der Waals surface area (Å²) in [6, 6.07) is 11.6. The van der Waals surface area contributed by atoms with Crippen molar-refractivity contribution in [1.29, 1.82) is 0 Å². The lowest BCUT2D eigenvalue weighted by molar-refractivity contribution is 0.617. The van der Waals surface area contributed by atoms with Gasteiger partial charge in [-0.2, -0.15) is 0 Å². The lowest BCUT2D eigenvalue weighted by Crippen LogP contribution is -2.11. The maximum atomic E-state index is 13.7. The number of benzene rings is 2. The van der Waals surface area contributed by atoms with Crippen LogP contribution in [0.3, 0.4) is 0 Å². The molecule has 3 heteroatoms. The van der Waals surface area contributed by atoms with Crippen LogP contribution in [0, 0.1) is 19.7 Å². The smallest absolute Gasteiger partial charge is 0.124 e. The first-order valence-corrected chi connectivity index (χ1v) is 7.65. The SMILES string of the molecule is CCNCc1cc(F)cc(Sc2cc(C)ccc2C)c1. The standard InChI is InChI=1S/C17H20FNS/c1-4-19-11-14-8-15(18)10-16(9-14)20-17-7-12(2)5-6-13(17)3/h5-10,19H,4,11H2,1-3H3. The van der Waals surface area contributed by atoms with Gasteiger partial charge in [-0.25, -0.2) is 4.39 Å². The molecule has 0 aliphatic heterocycles. The number of hydrogen-bond acceptors (Lipinski definition) is 2. The number of aryl methyl sites for hydroxylation is 2. The maximum Gasteiger partial charge on any atom is 0.124 e. The first-order chi connectivity index (χ1) is 9.58. The normalized spacial score (nSPS) is 10.8. The Bertz CT molecular complexity index is 596. The van der Waals surface area contributed by atoms with E-state index in [1.54, 1.807) is 23.9 Å². The minimum atomic E-state index is -0.173. The third-order valence-electron chi connectivity index (χ3n) is 3.08. The summed E-state index contributed by atoms with van der Waals surface area (Å²) in [6.07, 6.45) is 0. The molecule has 0 unspecified atom stereocenters. The molecule has 0 heterocycles. The van der Waals surface area contributed by atoms with Crippen LogP contribution in [0.2, 0.25) is 0 Å². The Labute approximate surface area is 124 Å². The second kappa shape index (κ2) is 6.91. The number of halogens is 1. The first kappa shape index (κ1) is 15.1. The largest absolute Gasteiger partial charge is 0.313 e. The summed E-state index contributed by atoms with van der Waals surface area (Å²) in [5.74, 6) is -0.173. The van der Waals surface area contributed by atoms with Crippen LogP contribution in [-0.4, -0.2) is 6.54 Å². The van der Waals surface area contributed by atoms with Gasteiger partial charge in [-0.05, 0) is 61.3 Å². The molecular formula is C17H20FNS. The van der Waals surface area contributed by atoms with Crippen molar-refractivity contribution in [3.8, 4) is 0 Å². The fraction of sp³-hybridized carbons (Fsp3) is 0.294. The molecule has 0 bridgehead atoms. The Balaban J connectivity index is 2.24. The fourth-order valence-corrected chi connectivity index (χ4v) is 3.10. The van der Waals surface area contributed by atoms with Crippen molar-refractivity contribution in [3.05, 3.63) is 58.9 Å². The van der Waals surface area contributed by atoms with Crippen LogP contribution in [-0.2, 0) is 6.54 Å².